The lowest BCUT2D eigenvalue weighted by Gasteiger charge is -2.37. The third-order valence-electron chi connectivity index (χ3n) is 4.60. The van der Waals surface area contributed by atoms with E-state index in [0.717, 1.165) is 4.90 Å². The Morgan fingerprint density at radius 1 is 0.786 bits per heavy atom. The van der Waals surface area contributed by atoms with Crippen LogP contribution in [0.3, 0.4) is 0 Å². The quantitative estimate of drug-likeness (QED) is 0.426. The molecule has 0 fully saturated rings. The summed E-state index contributed by atoms with van der Waals surface area (Å²) in [5, 5.41) is 50.2. The largest absolute Gasteiger partial charge is 0.508 e. The molecule has 0 saturated heterocycles. The lowest BCUT2D eigenvalue weighted by Crippen LogP contribution is -2.33. The van der Waals surface area contributed by atoms with E-state index in [4.69, 9.17) is 4.74 Å². The van der Waals surface area contributed by atoms with Gasteiger partial charge in [0.25, 0.3) is 0 Å². The van der Waals surface area contributed by atoms with E-state index in [1.807, 2.05) is 30.3 Å². The van der Waals surface area contributed by atoms with Crippen molar-refractivity contribution in [1.29, 1.82) is 0 Å². The summed E-state index contributed by atoms with van der Waals surface area (Å²) in [6.07, 6.45) is -1.95. The predicted molar refractivity (Wildman–Crippen MR) is 104 cm³/mol. The van der Waals surface area contributed by atoms with Crippen LogP contribution in [0.4, 0.5) is 0 Å². The van der Waals surface area contributed by atoms with Gasteiger partial charge >= 0.3 is 0 Å². The molecule has 7 heteroatoms. The summed E-state index contributed by atoms with van der Waals surface area (Å²) >= 11 is 1.36. The monoisotopic (exact) mass is 398 g/mol. The molecule has 1 unspecified atom stereocenters. The lowest BCUT2D eigenvalue weighted by atomic mass is 9.93. The SMILES string of the molecule is Oc1cc(O)c2c(c1)O[C@@H](c1ccc(O)c(O)c1)[C@@H](O)C2Sc1ccccc1. The van der Waals surface area contributed by atoms with Gasteiger partial charge in [-0.3, -0.25) is 0 Å². The van der Waals surface area contributed by atoms with Crippen LogP contribution < -0.4 is 4.74 Å². The number of phenols is 4. The highest BCUT2D eigenvalue weighted by Crippen LogP contribution is 2.54. The van der Waals surface area contributed by atoms with Gasteiger partial charge in [0.2, 0.25) is 0 Å². The van der Waals surface area contributed by atoms with Crippen LogP contribution in [0.2, 0.25) is 0 Å². The molecule has 0 spiro atoms. The van der Waals surface area contributed by atoms with Gasteiger partial charge < -0.3 is 30.3 Å². The number of hydrogen-bond acceptors (Lipinski definition) is 7. The Morgan fingerprint density at radius 2 is 1.54 bits per heavy atom. The number of hydrogen-bond donors (Lipinski definition) is 5. The van der Waals surface area contributed by atoms with Gasteiger partial charge in [-0.15, -0.1) is 11.8 Å². The van der Waals surface area contributed by atoms with Gasteiger partial charge in [-0.05, 0) is 29.8 Å². The fraction of sp³-hybridized carbons (Fsp3) is 0.143. The normalized spacial score (nSPS) is 21.0. The summed E-state index contributed by atoms with van der Waals surface area (Å²) in [5.41, 5.74) is 0.841. The van der Waals surface area contributed by atoms with E-state index < -0.39 is 17.5 Å². The zero-order valence-electron chi connectivity index (χ0n) is 14.6. The van der Waals surface area contributed by atoms with Crippen LogP contribution in [0.25, 0.3) is 0 Å². The first-order valence-electron chi connectivity index (χ1n) is 8.58. The average molecular weight is 398 g/mol. The number of thioether (sulfide) groups is 1. The van der Waals surface area contributed by atoms with Gasteiger partial charge in [0.05, 0.1) is 10.8 Å². The molecule has 0 aliphatic carbocycles. The van der Waals surface area contributed by atoms with Crippen molar-refractivity contribution in [2.24, 2.45) is 0 Å². The second kappa shape index (κ2) is 7.18. The smallest absolute Gasteiger partial charge is 0.157 e. The molecule has 0 aromatic heterocycles. The van der Waals surface area contributed by atoms with Crippen LogP contribution in [0.5, 0.6) is 28.7 Å². The standard InChI is InChI=1S/C21H18O6S/c22-12-9-16(25)18-17(10-12)27-20(11-6-7-14(23)15(24)8-11)19(26)21(18)28-13-4-2-1-3-5-13/h1-10,19-26H/t19-,20+,21?/m1/s1. The topological polar surface area (TPSA) is 110 Å². The molecule has 3 atom stereocenters. The van der Waals surface area contributed by atoms with Crippen LogP contribution in [0.1, 0.15) is 22.5 Å². The summed E-state index contributed by atoms with van der Waals surface area (Å²) in [4.78, 5) is 0.888. The maximum Gasteiger partial charge on any atom is 0.157 e. The maximum atomic E-state index is 11.1. The van der Waals surface area contributed by atoms with Crippen molar-refractivity contribution in [1.82, 2.24) is 0 Å². The second-order valence-corrected chi connectivity index (χ2v) is 7.72. The Morgan fingerprint density at radius 3 is 2.25 bits per heavy atom. The summed E-state index contributed by atoms with van der Waals surface area (Å²) in [7, 11) is 0. The van der Waals surface area contributed by atoms with E-state index in [-0.39, 0.29) is 28.7 Å². The number of aromatic hydroxyl groups is 4. The van der Waals surface area contributed by atoms with Gasteiger partial charge in [-0.2, -0.15) is 0 Å². The highest BCUT2D eigenvalue weighted by Gasteiger charge is 2.41. The molecule has 3 aromatic carbocycles. The van der Waals surface area contributed by atoms with E-state index in [1.54, 1.807) is 6.07 Å². The summed E-state index contributed by atoms with van der Waals surface area (Å²) < 4.78 is 5.88. The first-order chi connectivity index (χ1) is 13.4. The molecule has 0 bridgehead atoms. The van der Waals surface area contributed by atoms with E-state index >= 15 is 0 Å². The van der Waals surface area contributed by atoms with Crippen molar-refractivity contribution >= 4 is 11.8 Å². The fourth-order valence-electron chi connectivity index (χ4n) is 3.27. The first-order valence-corrected chi connectivity index (χ1v) is 9.46. The van der Waals surface area contributed by atoms with Crippen molar-refractivity contribution in [3.63, 3.8) is 0 Å². The number of ether oxygens (including phenoxy) is 1. The Labute approximate surface area is 165 Å². The Balaban J connectivity index is 1.80. The minimum Gasteiger partial charge on any atom is -0.508 e. The number of rotatable bonds is 3. The second-order valence-electron chi connectivity index (χ2n) is 6.51. The van der Waals surface area contributed by atoms with Crippen LogP contribution >= 0.6 is 11.8 Å². The molecule has 1 aliphatic rings. The van der Waals surface area contributed by atoms with Gasteiger partial charge in [0.1, 0.15) is 23.4 Å². The molecule has 4 rings (SSSR count). The molecule has 5 N–H and O–H groups in total. The van der Waals surface area contributed by atoms with Crippen LogP contribution in [-0.4, -0.2) is 31.6 Å². The molecule has 3 aromatic rings. The molecule has 28 heavy (non-hydrogen) atoms. The third-order valence-corrected chi connectivity index (χ3v) is 5.91. The zero-order chi connectivity index (χ0) is 19.8. The van der Waals surface area contributed by atoms with Gasteiger partial charge in [-0.1, -0.05) is 24.3 Å². The molecule has 1 aliphatic heterocycles. The van der Waals surface area contributed by atoms with Crippen molar-refractivity contribution in [3.8, 4) is 28.7 Å². The minimum atomic E-state index is -1.07. The van der Waals surface area contributed by atoms with Crippen LogP contribution in [0.15, 0.2) is 65.6 Å². The average Bonchev–Trinajstić information content (AvgIpc) is 2.66. The summed E-state index contributed by atoms with van der Waals surface area (Å²) in [5.74, 6) is -0.697. The van der Waals surface area contributed by atoms with E-state index in [0.29, 0.717) is 11.1 Å². The van der Waals surface area contributed by atoms with Crippen molar-refractivity contribution in [2.45, 2.75) is 22.4 Å². The van der Waals surface area contributed by atoms with Crippen molar-refractivity contribution < 1.29 is 30.3 Å². The Bertz CT molecular complexity index is 1010. The number of phenolic OH excluding ortho intramolecular Hbond substituents is 4. The van der Waals surface area contributed by atoms with Crippen LogP contribution in [-0.2, 0) is 0 Å². The molecule has 1 heterocycles. The van der Waals surface area contributed by atoms with Crippen molar-refractivity contribution in [3.05, 3.63) is 71.8 Å². The molecule has 6 nitrogen and oxygen atoms in total. The van der Waals surface area contributed by atoms with E-state index in [1.165, 1.54) is 36.0 Å². The van der Waals surface area contributed by atoms with Gasteiger partial charge in [-0.25, -0.2) is 0 Å². The highest BCUT2D eigenvalue weighted by molar-refractivity contribution is 7.99. The minimum absolute atomic E-state index is 0.164. The fourth-order valence-corrected chi connectivity index (χ4v) is 4.52. The predicted octanol–water partition coefficient (Wildman–Crippen LogP) is 3.84. The zero-order valence-corrected chi connectivity index (χ0v) is 15.4. The number of benzene rings is 3. The van der Waals surface area contributed by atoms with Crippen molar-refractivity contribution in [2.75, 3.05) is 0 Å². The molecule has 0 amide bonds. The first kappa shape index (κ1) is 18.3. The Hall–Kier alpha value is -3.03. The van der Waals surface area contributed by atoms with Gasteiger partial charge in [0, 0.05) is 17.0 Å². The number of aliphatic hydroxyl groups is 1. The highest BCUT2D eigenvalue weighted by atomic mass is 32.2. The van der Waals surface area contributed by atoms with Crippen LogP contribution in [0, 0.1) is 0 Å². The molecular weight excluding hydrogens is 380 g/mol. The number of aliphatic hydroxyl groups excluding tert-OH is 1. The van der Waals surface area contributed by atoms with E-state index in [2.05, 4.69) is 0 Å². The molecule has 0 saturated carbocycles. The molecular formula is C21H18O6S. The summed E-state index contributed by atoms with van der Waals surface area (Å²) in [6, 6.07) is 16.2. The number of fused-ring (bicyclic) bond motifs is 1. The molecule has 0 radical (unpaired) electrons. The van der Waals surface area contributed by atoms with E-state index in [9.17, 15) is 25.5 Å². The Kier molecular flexibility index (Phi) is 4.70. The summed E-state index contributed by atoms with van der Waals surface area (Å²) in [6.45, 7) is 0. The molecule has 144 valence electrons. The maximum absolute atomic E-state index is 11.1. The van der Waals surface area contributed by atoms with Gasteiger partial charge in [0.15, 0.2) is 17.6 Å². The lowest BCUT2D eigenvalue weighted by molar-refractivity contribution is 0.0174. The third kappa shape index (κ3) is 3.30.